The average Bonchev–Trinajstić information content (AvgIpc) is 2.25. The van der Waals surface area contributed by atoms with E-state index < -0.39 is 11.8 Å². The molecule has 0 aliphatic carbocycles. The van der Waals surface area contributed by atoms with E-state index in [9.17, 15) is 14.4 Å². The molecule has 0 radical (unpaired) electrons. The van der Waals surface area contributed by atoms with Gasteiger partial charge in [-0.1, -0.05) is 6.92 Å². The van der Waals surface area contributed by atoms with Gasteiger partial charge in [0.15, 0.2) is 0 Å². The molecule has 0 saturated heterocycles. The molecular formula is C9H17N3O3. The monoisotopic (exact) mass is 215 g/mol. The molecule has 0 aromatic heterocycles. The van der Waals surface area contributed by atoms with Gasteiger partial charge in [-0.2, -0.15) is 0 Å². The minimum atomic E-state index is -0.630. The molecule has 3 N–H and O–H groups in total. The van der Waals surface area contributed by atoms with E-state index in [1.54, 1.807) is 0 Å². The SMILES string of the molecule is CCCNC(=O)C(=O)NCCCNC=O. The first-order chi connectivity index (χ1) is 7.22. The zero-order valence-corrected chi connectivity index (χ0v) is 8.84. The molecule has 0 aromatic rings. The molecule has 0 heterocycles. The quantitative estimate of drug-likeness (QED) is 0.282. The van der Waals surface area contributed by atoms with E-state index in [4.69, 9.17) is 0 Å². The Labute approximate surface area is 88.8 Å². The summed E-state index contributed by atoms with van der Waals surface area (Å²) in [5.74, 6) is -1.24. The lowest BCUT2D eigenvalue weighted by atomic mass is 10.4. The van der Waals surface area contributed by atoms with Crippen LogP contribution in [0.5, 0.6) is 0 Å². The van der Waals surface area contributed by atoms with Gasteiger partial charge in [-0.25, -0.2) is 0 Å². The van der Waals surface area contributed by atoms with E-state index in [0.29, 0.717) is 32.5 Å². The normalized spacial score (nSPS) is 9.13. The zero-order valence-electron chi connectivity index (χ0n) is 8.84. The summed E-state index contributed by atoms with van der Waals surface area (Å²) in [4.78, 5) is 32.0. The van der Waals surface area contributed by atoms with Crippen molar-refractivity contribution < 1.29 is 14.4 Å². The Balaban J connectivity index is 3.47. The van der Waals surface area contributed by atoms with Crippen molar-refractivity contribution in [1.29, 1.82) is 0 Å². The topological polar surface area (TPSA) is 87.3 Å². The van der Waals surface area contributed by atoms with E-state index in [2.05, 4.69) is 16.0 Å². The maximum absolute atomic E-state index is 11.1. The van der Waals surface area contributed by atoms with Crippen LogP contribution in [0.3, 0.4) is 0 Å². The van der Waals surface area contributed by atoms with Crippen LogP contribution in [0.15, 0.2) is 0 Å². The number of nitrogens with one attached hydrogen (secondary N) is 3. The summed E-state index contributed by atoms with van der Waals surface area (Å²) < 4.78 is 0. The molecule has 3 amide bonds. The maximum Gasteiger partial charge on any atom is 0.309 e. The summed E-state index contributed by atoms with van der Waals surface area (Å²) in [5, 5.41) is 7.36. The van der Waals surface area contributed by atoms with E-state index in [1.807, 2.05) is 6.92 Å². The van der Waals surface area contributed by atoms with Crippen molar-refractivity contribution >= 4 is 18.2 Å². The van der Waals surface area contributed by atoms with Gasteiger partial charge in [0.1, 0.15) is 0 Å². The van der Waals surface area contributed by atoms with Gasteiger partial charge in [0.05, 0.1) is 0 Å². The highest BCUT2D eigenvalue weighted by Gasteiger charge is 2.10. The van der Waals surface area contributed by atoms with Crippen molar-refractivity contribution in [2.75, 3.05) is 19.6 Å². The first-order valence-corrected chi connectivity index (χ1v) is 4.95. The van der Waals surface area contributed by atoms with E-state index in [1.165, 1.54) is 0 Å². The van der Waals surface area contributed by atoms with Crippen LogP contribution in [-0.2, 0) is 14.4 Å². The lowest BCUT2D eigenvalue weighted by molar-refractivity contribution is -0.139. The van der Waals surface area contributed by atoms with Crippen molar-refractivity contribution in [1.82, 2.24) is 16.0 Å². The molecule has 0 atom stereocenters. The lowest BCUT2D eigenvalue weighted by Crippen LogP contribution is -2.40. The summed E-state index contributed by atoms with van der Waals surface area (Å²) in [6, 6.07) is 0. The Morgan fingerprint density at radius 3 is 2.20 bits per heavy atom. The van der Waals surface area contributed by atoms with Crippen LogP contribution in [0.4, 0.5) is 0 Å². The molecule has 6 heteroatoms. The summed E-state index contributed by atoms with van der Waals surface area (Å²) in [7, 11) is 0. The molecule has 0 fully saturated rings. The first-order valence-electron chi connectivity index (χ1n) is 4.95. The molecule has 0 aliphatic rings. The van der Waals surface area contributed by atoms with Gasteiger partial charge in [0.2, 0.25) is 6.41 Å². The van der Waals surface area contributed by atoms with Gasteiger partial charge in [-0.15, -0.1) is 0 Å². The zero-order chi connectivity index (χ0) is 11.5. The van der Waals surface area contributed by atoms with Crippen LogP contribution in [0.2, 0.25) is 0 Å². The van der Waals surface area contributed by atoms with Crippen molar-refractivity contribution in [3.8, 4) is 0 Å². The molecule has 0 aliphatic heterocycles. The van der Waals surface area contributed by atoms with Crippen LogP contribution in [0.1, 0.15) is 19.8 Å². The second kappa shape index (κ2) is 8.98. The molecule has 0 rings (SSSR count). The van der Waals surface area contributed by atoms with Gasteiger partial charge >= 0.3 is 11.8 Å². The molecule has 15 heavy (non-hydrogen) atoms. The maximum atomic E-state index is 11.1. The molecule has 6 nitrogen and oxygen atoms in total. The summed E-state index contributed by atoms with van der Waals surface area (Å²) in [6.45, 7) is 3.27. The number of hydrogen-bond acceptors (Lipinski definition) is 3. The molecule has 0 spiro atoms. The fourth-order valence-electron chi connectivity index (χ4n) is 0.850. The van der Waals surface area contributed by atoms with Crippen molar-refractivity contribution in [3.63, 3.8) is 0 Å². The third kappa shape index (κ3) is 7.48. The third-order valence-corrected chi connectivity index (χ3v) is 1.61. The molecule has 0 bridgehead atoms. The Kier molecular flexibility index (Phi) is 8.03. The van der Waals surface area contributed by atoms with Crippen LogP contribution in [0.25, 0.3) is 0 Å². The minimum absolute atomic E-state index is 0.374. The highest BCUT2D eigenvalue weighted by atomic mass is 16.2. The van der Waals surface area contributed by atoms with Crippen LogP contribution in [0, 0.1) is 0 Å². The molecule has 86 valence electrons. The number of hydrogen-bond donors (Lipinski definition) is 3. The van der Waals surface area contributed by atoms with Crippen LogP contribution >= 0.6 is 0 Å². The summed E-state index contributed by atoms with van der Waals surface area (Å²) in [5.41, 5.74) is 0. The van der Waals surface area contributed by atoms with Crippen LogP contribution < -0.4 is 16.0 Å². The van der Waals surface area contributed by atoms with Gasteiger partial charge in [0.25, 0.3) is 0 Å². The molecule has 0 unspecified atom stereocenters. The largest absolute Gasteiger partial charge is 0.359 e. The van der Waals surface area contributed by atoms with Gasteiger partial charge in [-0.3, -0.25) is 14.4 Å². The van der Waals surface area contributed by atoms with Crippen LogP contribution in [-0.4, -0.2) is 37.9 Å². The minimum Gasteiger partial charge on any atom is -0.359 e. The predicted octanol–water partition coefficient (Wildman–Crippen LogP) is -1.24. The van der Waals surface area contributed by atoms with E-state index in [-0.39, 0.29) is 0 Å². The number of rotatable bonds is 7. The van der Waals surface area contributed by atoms with Crippen molar-refractivity contribution in [2.24, 2.45) is 0 Å². The second-order valence-corrected chi connectivity index (χ2v) is 2.94. The van der Waals surface area contributed by atoms with E-state index >= 15 is 0 Å². The summed E-state index contributed by atoms with van der Waals surface area (Å²) >= 11 is 0. The number of carbonyl (C=O) groups is 3. The average molecular weight is 215 g/mol. The molecular weight excluding hydrogens is 198 g/mol. The fourth-order valence-corrected chi connectivity index (χ4v) is 0.850. The fraction of sp³-hybridized carbons (Fsp3) is 0.667. The lowest BCUT2D eigenvalue weighted by Gasteiger charge is -2.04. The van der Waals surface area contributed by atoms with Gasteiger partial charge in [0, 0.05) is 19.6 Å². The highest BCUT2D eigenvalue weighted by molar-refractivity contribution is 6.35. The summed E-state index contributed by atoms with van der Waals surface area (Å²) in [6.07, 6.45) is 1.99. The molecule has 0 aromatic carbocycles. The third-order valence-electron chi connectivity index (χ3n) is 1.61. The second-order valence-electron chi connectivity index (χ2n) is 2.94. The highest BCUT2D eigenvalue weighted by Crippen LogP contribution is 1.76. The number of amides is 3. The smallest absolute Gasteiger partial charge is 0.309 e. The van der Waals surface area contributed by atoms with Gasteiger partial charge < -0.3 is 16.0 Å². The van der Waals surface area contributed by atoms with Crippen molar-refractivity contribution in [3.05, 3.63) is 0 Å². The Morgan fingerprint density at radius 2 is 1.67 bits per heavy atom. The number of carbonyl (C=O) groups excluding carboxylic acids is 3. The Morgan fingerprint density at radius 1 is 1.07 bits per heavy atom. The van der Waals surface area contributed by atoms with E-state index in [0.717, 1.165) is 6.42 Å². The first kappa shape index (κ1) is 13.4. The van der Waals surface area contributed by atoms with Gasteiger partial charge in [-0.05, 0) is 12.8 Å². The Hall–Kier alpha value is -1.59. The Bertz CT molecular complexity index is 219. The molecule has 0 saturated carbocycles. The predicted molar refractivity (Wildman–Crippen MR) is 55.0 cm³/mol. The standard InChI is InChI=1S/C9H17N3O3/c1-2-4-11-8(14)9(15)12-6-3-5-10-7-13/h7H,2-6H2,1H3,(H,10,13)(H,11,14)(H,12,15). The van der Waals surface area contributed by atoms with Crippen molar-refractivity contribution in [2.45, 2.75) is 19.8 Å².